The number of rotatable bonds is 5. The number of hydrogen-bond donors (Lipinski definition) is 0. The predicted molar refractivity (Wildman–Crippen MR) is 120 cm³/mol. The van der Waals surface area contributed by atoms with E-state index >= 15 is 0 Å². The molecular formula is C23H17F4N3O4S. The second kappa shape index (κ2) is 8.77. The van der Waals surface area contributed by atoms with E-state index in [1.165, 1.54) is 38.4 Å². The third-order valence-electron chi connectivity index (χ3n) is 5.35. The van der Waals surface area contributed by atoms with Crippen molar-refractivity contribution in [2.75, 3.05) is 12.9 Å². The van der Waals surface area contributed by atoms with E-state index in [1.807, 2.05) is 0 Å². The lowest BCUT2D eigenvalue weighted by Gasteiger charge is -2.13. The van der Waals surface area contributed by atoms with Crippen molar-refractivity contribution in [3.05, 3.63) is 76.6 Å². The zero-order valence-corrected chi connectivity index (χ0v) is 19.1. The number of benzene rings is 2. The highest BCUT2D eigenvalue weighted by molar-refractivity contribution is 7.91. The average molecular weight is 507 g/mol. The Morgan fingerprint density at radius 1 is 1.03 bits per heavy atom. The fourth-order valence-corrected chi connectivity index (χ4v) is 4.49. The van der Waals surface area contributed by atoms with E-state index in [2.05, 4.69) is 10.1 Å². The van der Waals surface area contributed by atoms with Crippen molar-refractivity contribution >= 4 is 20.6 Å². The van der Waals surface area contributed by atoms with Crippen LogP contribution < -0.4 is 10.3 Å². The van der Waals surface area contributed by atoms with Crippen molar-refractivity contribution in [1.82, 2.24) is 14.8 Å². The molecule has 4 rings (SSSR count). The SMILES string of the molecule is CCS(=O)(=O)c1cc(-c2ccc(F)c(OC)c2)cnc1-n1ncc2cc(C(F)(F)F)ccc2c1=O. The Morgan fingerprint density at radius 3 is 2.43 bits per heavy atom. The van der Waals surface area contributed by atoms with Gasteiger partial charge in [-0.15, -0.1) is 0 Å². The Balaban J connectivity index is 1.93. The maximum Gasteiger partial charge on any atom is 0.416 e. The molecule has 0 amide bonds. The molecule has 0 fully saturated rings. The summed E-state index contributed by atoms with van der Waals surface area (Å²) in [7, 11) is -2.66. The van der Waals surface area contributed by atoms with Crippen LogP contribution in [-0.2, 0) is 16.0 Å². The molecule has 0 saturated carbocycles. The number of methoxy groups -OCH3 is 1. The van der Waals surface area contributed by atoms with Gasteiger partial charge >= 0.3 is 6.18 Å². The molecule has 2 aromatic carbocycles. The molecule has 2 aromatic heterocycles. The van der Waals surface area contributed by atoms with Crippen molar-refractivity contribution in [3.63, 3.8) is 0 Å². The van der Waals surface area contributed by atoms with Gasteiger partial charge in [-0.05, 0) is 42.0 Å². The van der Waals surface area contributed by atoms with Crippen molar-refractivity contribution < 1.29 is 30.7 Å². The van der Waals surface area contributed by atoms with Gasteiger partial charge < -0.3 is 4.74 Å². The summed E-state index contributed by atoms with van der Waals surface area (Å²) in [6, 6.07) is 7.76. The van der Waals surface area contributed by atoms with Crippen LogP contribution in [0, 0.1) is 5.82 Å². The number of aromatic nitrogens is 3. The van der Waals surface area contributed by atoms with E-state index < -0.39 is 33.0 Å². The summed E-state index contributed by atoms with van der Waals surface area (Å²) >= 11 is 0. The second-order valence-corrected chi connectivity index (χ2v) is 9.71. The zero-order valence-electron chi connectivity index (χ0n) is 18.3. The van der Waals surface area contributed by atoms with E-state index in [4.69, 9.17) is 4.74 Å². The summed E-state index contributed by atoms with van der Waals surface area (Å²) in [6.45, 7) is 1.40. The molecule has 0 atom stereocenters. The molecule has 4 aromatic rings. The summed E-state index contributed by atoms with van der Waals surface area (Å²) in [5.74, 6) is -1.30. The van der Waals surface area contributed by atoms with Crippen LogP contribution in [0.5, 0.6) is 5.75 Å². The fraction of sp³-hybridized carbons (Fsp3) is 0.174. The number of fused-ring (bicyclic) bond motifs is 1. The van der Waals surface area contributed by atoms with Gasteiger partial charge in [-0.2, -0.15) is 23.0 Å². The third-order valence-corrected chi connectivity index (χ3v) is 7.08. The number of hydrogen-bond acceptors (Lipinski definition) is 6. The van der Waals surface area contributed by atoms with E-state index in [0.29, 0.717) is 11.1 Å². The van der Waals surface area contributed by atoms with Crippen molar-refractivity contribution in [3.8, 4) is 22.7 Å². The Morgan fingerprint density at radius 2 is 1.77 bits per heavy atom. The molecule has 12 heteroatoms. The fourth-order valence-electron chi connectivity index (χ4n) is 3.46. The minimum atomic E-state index is -4.61. The predicted octanol–water partition coefficient (Wildman–Crippen LogP) is 4.41. The molecule has 0 aliphatic rings. The number of nitrogens with zero attached hydrogens (tertiary/aromatic N) is 3. The number of alkyl halides is 3. The van der Waals surface area contributed by atoms with Gasteiger partial charge in [-0.3, -0.25) is 4.79 Å². The minimum Gasteiger partial charge on any atom is -0.494 e. The molecule has 35 heavy (non-hydrogen) atoms. The first-order valence-electron chi connectivity index (χ1n) is 10.1. The normalized spacial score (nSPS) is 12.2. The molecule has 182 valence electrons. The first kappa shape index (κ1) is 24.3. The van der Waals surface area contributed by atoms with Crippen LogP contribution in [0.1, 0.15) is 12.5 Å². The molecule has 0 radical (unpaired) electrons. The van der Waals surface area contributed by atoms with Crippen LogP contribution in [0.15, 0.2) is 64.5 Å². The van der Waals surface area contributed by atoms with Gasteiger partial charge in [0.1, 0.15) is 4.90 Å². The highest BCUT2D eigenvalue weighted by atomic mass is 32.2. The number of sulfone groups is 1. The van der Waals surface area contributed by atoms with E-state index in [1.54, 1.807) is 0 Å². The first-order chi connectivity index (χ1) is 16.5. The lowest BCUT2D eigenvalue weighted by Crippen LogP contribution is -2.24. The molecule has 0 N–H and O–H groups in total. The maximum absolute atomic E-state index is 13.8. The van der Waals surface area contributed by atoms with Crippen LogP contribution in [0.2, 0.25) is 0 Å². The van der Waals surface area contributed by atoms with Gasteiger partial charge in [-0.25, -0.2) is 17.8 Å². The zero-order chi connectivity index (χ0) is 25.5. The quantitative estimate of drug-likeness (QED) is 0.372. The van der Waals surface area contributed by atoms with Crippen LogP contribution >= 0.6 is 0 Å². The average Bonchev–Trinajstić information content (AvgIpc) is 2.83. The molecule has 0 bridgehead atoms. The van der Waals surface area contributed by atoms with Crippen LogP contribution in [-0.4, -0.2) is 36.0 Å². The van der Waals surface area contributed by atoms with Crippen LogP contribution in [0.3, 0.4) is 0 Å². The summed E-state index contributed by atoms with van der Waals surface area (Å²) in [5, 5.41) is 3.74. The minimum absolute atomic E-state index is 0.0582. The molecule has 0 saturated heterocycles. The molecular weight excluding hydrogens is 490 g/mol. The number of pyridine rings is 1. The highest BCUT2D eigenvalue weighted by Crippen LogP contribution is 2.32. The summed E-state index contributed by atoms with van der Waals surface area (Å²) in [4.78, 5) is 16.9. The van der Waals surface area contributed by atoms with Gasteiger partial charge in [0.2, 0.25) is 0 Å². The summed E-state index contributed by atoms with van der Waals surface area (Å²) in [6.07, 6.45) is -2.29. The van der Waals surface area contributed by atoms with Crippen LogP contribution in [0.4, 0.5) is 17.6 Å². The summed E-state index contributed by atoms with van der Waals surface area (Å²) < 4.78 is 84.4. The molecule has 7 nitrogen and oxygen atoms in total. The second-order valence-electron chi connectivity index (χ2n) is 7.46. The van der Waals surface area contributed by atoms with Gasteiger partial charge in [0.05, 0.1) is 30.0 Å². The van der Waals surface area contributed by atoms with Gasteiger partial charge in [0.15, 0.2) is 27.2 Å². The topological polar surface area (TPSA) is 91.2 Å². The standard InChI is InChI=1S/C23H17F4N3O4S/c1-3-35(32,33)20-10-14(13-4-7-18(24)19(9-13)34-2)11-28-21(20)30-22(31)17-6-5-16(23(25,26)27)8-15(17)12-29-30/h4-12H,3H2,1-2H3. The van der Waals surface area contributed by atoms with Crippen LogP contribution in [0.25, 0.3) is 27.7 Å². The lowest BCUT2D eigenvalue weighted by atomic mass is 10.1. The largest absolute Gasteiger partial charge is 0.494 e. The Labute approximate surface area is 196 Å². The van der Waals surface area contributed by atoms with Crippen molar-refractivity contribution in [2.24, 2.45) is 0 Å². The molecule has 0 aliphatic heterocycles. The van der Waals surface area contributed by atoms with E-state index in [9.17, 15) is 30.8 Å². The molecule has 0 aliphatic carbocycles. The maximum atomic E-state index is 13.8. The Kier molecular flexibility index (Phi) is 6.09. The monoisotopic (exact) mass is 507 g/mol. The Bertz CT molecular complexity index is 1620. The van der Waals surface area contributed by atoms with Gasteiger partial charge in [0.25, 0.3) is 5.56 Å². The molecule has 0 spiro atoms. The van der Waals surface area contributed by atoms with Crippen molar-refractivity contribution in [1.29, 1.82) is 0 Å². The summed E-state index contributed by atoms with van der Waals surface area (Å²) in [5.41, 5.74) is -1.07. The van der Waals surface area contributed by atoms with Crippen molar-refractivity contribution in [2.45, 2.75) is 18.0 Å². The van der Waals surface area contributed by atoms with E-state index in [0.717, 1.165) is 35.1 Å². The lowest BCUT2D eigenvalue weighted by molar-refractivity contribution is -0.137. The molecule has 2 heterocycles. The Hall–Kier alpha value is -3.80. The number of halogens is 4. The van der Waals surface area contributed by atoms with E-state index in [-0.39, 0.29) is 33.0 Å². The third kappa shape index (κ3) is 4.48. The van der Waals surface area contributed by atoms with Gasteiger partial charge in [0, 0.05) is 17.1 Å². The van der Waals surface area contributed by atoms with Gasteiger partial charge in [-0.1, -0.05) is 13.0 Å². The smallest absolute Gasteiger partial charge is 0.416 e. The first-order valence-corrected chi connectivity index (χ1v) is 11.8. The highest BCUT2D eigenvalue weighted by Gasteiger charge is 2.31. The number of ether oxygens (including phenoxy) is 1. The molecule has 0 unspecified atom stereocenters.